The molecular weight excluding hydrogens is 268 g/mol. The first-order valence-electron chi connectivity index (χ1n) is 6.39. The normalized spacial score (nSPS) is 10.9. The summed E-state index contributed by atoms with van der Waals surface area (Å²) in [5.41, 5.74) is 0. The van der Waals surface area contributed by atoms with E-state index in [1.54, 1.807) is 0 Å². The number of carbonyl (C=O) groups is 1. The van der Waals surface area contributed by atoms with Crippen molar-refractivity contribution in [3.63, 3.8) is 0 Å². The minimum absolute atomic E-state index is 0.0810. The Hall–Kier alpha value is -0.580. The van der Waals surface area contributed by atoms with Gasteiger partial charge in [-0.25, -0.2) is 0 Å². The van der Waals surface area contributed by atoms with Crippen molar-refractivity contribution >= 4 is 28.8 Å². The average Bonchev–Trinajstić information content (AvgIpc) is 2.78. The van der Waals surface area contributed by atoms with Gasteiger partial charge in [-0.1, -0.05) is 31.9 Å². The number of hydrogen-bond acceptors (Lipinski definition) is 3. The number of nitrogens with one attached hydrogen (secondary N) is 1. The summed E-state index contributed by atoms with van der Waals surface area (Å²) in [6, 6.07) is 3.80. The highest BCUT2D eigenvalue weighted by molar-refractivity contribution is 7.16. The molecule has 1 amide bonds. The molecule has 1 aromatic heterocycles. The molecule has 3 nitrogen and oxygen atoms in total. The highest BCUT2D eigenvalue weighted by Crippen LogP contribution is 2.20. The lowest BCUT2D eigenvalue weighted by atomic mass is 10.3. The van der Waals surface area contributed by atoms with E-state index in [0.717, 1.165) is 35.1 Å². The molecule has 5 heteroatoms. The van der Waals surface area contributed by atoms with Crippen LogP contribution in [0.15, 0.2) is 12.1 Å². The van der Waals surface area contributed by atoms with Crippen molar-refractivity contribution in [3.8, 4) is 0 Å². The maximum atomic E-state index is 11.8. The van der Waals surface area contributed by atoms with Gasteiger partial charge in [0.2, 0.25) is 5.91 Å². The third kappa shape index (κ3) is 5.85. The molecule has 0 bridgehead atoms. The van der Waals surface area contributed by atoms with Crippen molar-refractivity contribution in [1.82, 2.24) is 10.2 Å². The van der Waals surface area contributed by atoms with E-state index in [4.69, 9.17) is 11.6 Å². The minimum atomic E-state index is 0.0810. The minimum Gasteiger partial charge on any atom is -0.350 e. The molecule has 1 heterocycles. The second kappa shape index (κ2) is 8.51. The number of thiophene rings is 1. The molecule has 0 radical (unpaired) electrons. The van der Waals surface area contributed by atoms with Crippen LogP contribution in [0.4, 0.5) is 0 Å². The van der Waals surface area contributed by atoms with Gasteiger partial charge in [0.05, 0.1) is 17.4 Å². The molecule has 0 fully saturated rings. The summed E-state index contributed by atoms with van der Waals surface area (Å²) in [4.78, 5) is 15.0. The SMILES string of the molecule is CCCCN(CC)CC(=O)NCc1ccc(Cl)s1. The third-order valence-corrected chi connectivity index (χ3v) is 3.96. The van der Waals surface area contributed by atoms with E-state index in [-0.39, 0.29) is 5.91 Å². The summed E-state index contributed by atoms with van der Waals surface area (Å²) in [6.07, 6.45) is 2.30. The van der Waals surface area contributed by atoms with E-state index in [1.807, 2.05) is 12.1 Å². The van der Waals surface area contributed by atoms with Crippen LogP contribution in [0.2, 0.25) is 4.34 Å². The van der Waals surface area contributed by atoms with E-state index in [0.29, 0.717) is 13.1 Å². The topological polar surface area (TPSA) is 32.3 Å². The first kappa shape index (κ1) is 15.5. The lowest BCUT2D eigenvalue weighted by molar-refractivity contribution is -0.122. The van der Waals surface area contributed by atoms with Crippen LogP contribution in [-0.2, 0) is 11.3 Å². The zero-order chi connectivity index (χ0) is 13.4. The van der Waals surface area contributed by atoms with Gasteiger partial charge in [0, 0.05) is 4.88 Å². The van der Waals surface area contributed by atoms with Crippen molar-refractivity contribution in [2.75, 3.05) is 19.6 Å². The summed E-state index contributed by atoms with van der Waals surface area (Å²) < 4.78 is 0.761. The van der Waals surface area contributed by atoms with Crippen LogP contribution in [0.1, 0.15) is 31.6 Å². The average molecular weight is 289 g/mol. The van der Waals surface area contributed by atoms with Gasteiger partial charge >= 0.3 is 0 Å². The maximum absolute atomic E-state index is 11.8. The predicted octanol–water partition coefficient (Wildman–Crippen LogP) is 3.14. The molecule has 0 spiro atoms. The molecule has 1 aromatic rings. The lowest BCUT2D eigenvalue weighted by Gasteiger charge is -2.19. The molecule has 102 valence electrons. The van der Waals surface area contributed by atoms with E-state index in [2.05, 4.69) is 24.1 Å². The molecule has 0 aliphatic rings. The van der Waals surface area contributed by atoms with Gasteiger partial charge in [-0.2, -0.15) is 0 Å². The summed E-state index contributed by atoms with van der Waals surface area (Å²) in [5.74, 6) is 0.0810. The Kier molecular flexibility index (Phi) is 7.32. The first-order valence-corrected chi connectivity index (χ1v) is 7.58. The van der Waals surface area contributed by atoms with Crippen LogP contribution in [0.3, 0.4) is 0 Å². The van der Waals surface area contributed by atoms with E-state index in [9.17, 15) is 4.79 Å². The van der Waals surface area contributed by atoms with Crippen molar-refractivity contribution in [1.29, 1.82) is 0 Å². The number of rotatable bonds is 8. The van der Waals surface area contributed by atoms with Gasteiger partial charge in [0.15, 0.2) is 0 Å². The first-order chi connectivity index (χ1) is 8.65. The van der Waals surface area contributed by atoms with Crippen LogP contribution < -0.4 is 5.32 Å². The van der Waals surface area contributed by atoms with Gasteiger partial charge < -0.3 is 5.32 Å². The molecular formula is C13H21ClN2OS. The Morgan fingerprint density at radius 3 is 2.78 bits per heavy atom. The Bertz CT molecular complexity index is 368. The quantitative estimate of drug-likeness (QED) is 0.797. The number of unbranched alkanes of at least 4 members (excludes halogenated alkanes) is 1. The van der Waals surface area contributed by atoms with Crippen molar-refractivity contribution < 1.29 is 4.79 Å². The zero-order valence-electron chi connectivity index (χ0n) is 11.0. The van der Waals surface area contributed by atoms with Crippen LogP contribution in [0.25, 0.3) is 0 Å². The molecule has 0 aliphatic heterocycles. The van der Waals surface area contributed by atoms with Crippen LogP contribution in [0.5, 0.6) is 0 Å². The van der Waals surface area contributed by atoms with Crippen molar-refractivity contribution in [2.45, 2.75) is 33.2 Å². The second-order valence-electron chi connectivity index (χ2n) is 4.20. The lowest BCUT2D eigenvalue weighted by Crippen LogP contribution is -2.37. The fraction of sp³-hybridized carbons (Fsp3) is 0.615. The number of carbonyl (C=O) groups excluding carboxylic acids is 1. The fourth-order valence-corrected chi connectivity index (χ4v) is 2.65. The van der Waals surface area contributed by atoms with Crippen LogP contribution in [-0.4, -0.2) is 30.4 Å². The Morgan fingerprint density at radius 2 is 2.22 bits per heavy atom. The fourth-order valence-electron chi connectivity index (χ4n) is 1.62. The van der Waals surface area contributed by atoms with Gasteiger partial charge in [0.25, 0.3) is 0 Å². The van der Waals surface area contributed by atoms with Crippen molar-refractivity contribution in [3.05, 3.63) is 21.3 Å². The zero-order valence-corrected chi connectivity index (χ0v) is 12.6. The van der Waals surface area contributed by atoms with E-state index in [1.165, 1.54) is 11.3 Å². The molecule has 0 saturated carbocycles. The smallest absolute Gasteiger partial charge is 0.234 e. The Morgan fingerprint density at radius 1 is 1.44 bits per heavy atom. The van der Waals surface area contributed by atoms with E-state index < -0.39 is 0 Å². The number of hydrogen-bond donors (Lipinski definition) is 1. The molecule has 0 aromatic carbocycles. The highest BCUT2D eigenvalue weighted by atomic mass is 35.5. The summed E-state index contributed by atoms with van der Waals surface area (Å²) >= 11 is 7.34. The molecule has 0 saturated heterocycles. The molecule has 1 rings (SSSR count). The standard InChI is InChI=1S/C13H21ClN2OS/c1-3-5-8-16(4-2)10-13(17)15-9-11-6-7-12(14)18-11/h6-7H,3-5,8-10H2,1-2H3,(H,15,17). The molecule has 0 unspecified atom stereocenters. The van der Waals surface area contributed by atoms with Gasteiger partial charge in [-0.15, -0.1) is 11.3 Å². The second-order valence-corrected chi connectivity index (χ2v) is 6.00. The number of likely N-dealkylation sites (N-methyl/N-ethyl adjacent to an activating group) is 1. The Balaban J connectivity index is 2.27. The number of amides is 1. The highest BCUT2D eigenvalue weighted by Gasteiger charge is 2.08. The predicted molar refractivity (Wildman–Crippen MR) is 78.2 cm³/mol. The third-order valence-electron chi connectivity index (χ3n) is 2.73. The van der Waals surface area contributed by atoms with Gasteiger partial charge in [-0.3, -0.25) is 9.69 Å². The monoisotopic (exact) mass is 288 g/mol. The summed E-state index contributed by atoms with van der Waals surface area (Å²) in [7, 11) is 0. The summed E-state index contributed by atoms with van der Waals surface area (Å²) in [5, 5.41) is 2.92. The molecule has 18 heavy (non-hydrogen) atoms. The van der Waals surface area contributed by atoms with E-state index >= 15 is 0 Å². The number of halogens is 1. The van der Waals surface area contributed by atoms with Gasteiger partial charge in [-0.05, 0) is 31.6 Å². The van der Waals surface area contributed by atoms with Gasteiger partial charge in [0.1, 0.15) is 0 Å². The maximum Gasteiger partial charge on any atom is 0.234 e. The summed E-state index contributed by atoms with van der Waals surface area (Å²) in [6.45, 7) is 7.21. The van der Waals surface area contributed by atoms with Crippen molar-refractivity contribution in [2.24, 2.45) is 0 Å². The van der Waals surface area contributed by atoms with Crippen LogP contribution >= 0.6 is 22.9 Å². The number of nitrogens with zero attached hydrogens (tertiary/aromatic N) is 1. The molecule has 0 aliphatic carbocycles. The molecule has 0 atom stereocenters. The molecule has 1 N–H and O–H groups in total. The van der Waals surface area contributed by atoms with Crippen LogP contribution in [0, 0.1) is 0 Å². The Labute approximate surface area is 118 Å². The largest absolute Gasteiger partial charge is 0.350 e.